The number of nitrogens with zero attached hydrogens (tertiary/aromatic N) is 2. The number of aliphatic carboxylic acids is 1. The number of halogens is 1. The number of phenolic OH excluding ortho intramolecular Hbond substituents is 1. The van der Waals surface area contributed by atoms with Gasteiger partial charge in [0.15, 0.2) is 0 Å². The molecule has 2 saturated heterocycles. The molecule has 3 aliphatic heterocycles. The standard InChI is InChI=1S/C27H31ClN2O8/c28-17-1-4-23-16(9-17)12-27(38-23)5-7-29(8-6-27)13-20(33)15-37-24-11-18(31)2-3-21(24)25(34)30-14-19(32)10-22(30)26(35)36/h1-4,9,11,19-20,22,31-33H,5-8,10,12-15H2,(H,35,36)/t19-,20+,22?/m1/s1. The Balaban J connectivity index is 1.16. The van der Waals surface area contributed by atoms with E-state index in [4.69, 9.17) is 21.1 Å². The molecule has 2 aromatic rings. The van der Waals surface area contributed by atoms with Crippen molar-refractivity contribution in [1.82, 2.24) is 9.80 Å². The van der Waals surface area contributed by atoms with E-state index in [0.717, 1.165) is 48.6 Å². The second-order valence-corrected chi connectivity index (χ2v) is 10.8. The number of likely N-dealkylation sites (tertiary alicyclic amines) is 2. The Kier molecular flexibility index (Phi) is 7.41. The summed E-state index contributed by atoms with van der Waals surface area (Å²) in [5.41, 5.74) is 0.918. The van der Waals surface area contributed by atoms with Gasteiger partial charge in [-0.2, -0.15) is 0 Å². The van der Waals surface area contributed by atoms with Crippen molar-refractivity contribution in [3.63, 3.8) is 0 Å². The molecule has 0 saturated carbocycles. The van der Waals surface area contributed by atoms with Crippen LogP contribution < -0.4 is 9.47 Å². The van der Waals surface area contributed by atoms with Crippen LogP contribution in [-0.4, -0.2) is 98.7 Å². The van der Waals surface area contributed by atoms with Crippen LogP contribution in [0.5, 0.6) is 17.2 Å². The lowest BCUT2D eigenvalue weighted by Crippen LogP contribution is -2.49. The van der Waals surface area contributed by atoms with Gasteiger partial charge in [-0.1, -0.05) is 11.6 Å². The van der Waals surface area contributed by atoms with E-state index < -0.39 is 30.1 Å². The van der Waals surface area contributed by atoms with E-state index in [1.54, 1.807) is 0 Å². The van der Waals surface area contributed by atoms with E-state index in [-0.39, 0.29) is 42.2 Å². The number of aliphatic hydroxyl groups is 2. The van der Waals surface area contributed by atoms with Crippen molar-refractivity contribution in [3.05, 3.63) is 52.5 Å². The van der Waals surface area contributed by atoms with Gasteiger partial charge in [-0.3, -0.25) is 4.79 Å². The average Bonchev–Trinajstić information content (AvgIpc) is 3.44. The van der Waals surface area contributed by atoms with Crippen molar-refractivity contribution >= 4 is 23.5 Å². The van der Waals surface area contributed by atoms with Crippen LogP contribution in [0.25, 0.3) is 0 Å². The minimum atomic E-state index is -1.20. The molecule has 4 N–H and O–H groups in total. The number of rotatable bonds is 7. The largest absolute Gasteiger partial charge is 0.508 e. The molecule has 0 aromatic heterocycles. The second-order valence-electron chi connectivity index (χ2n) is 10.4. The zero-order chi connectivity index (χ0) is 27.0. The minimum Gasteiger partial charge on any atom is -0.508 e. The summed E-state index contributed by atoms with van der Waals surface area (Å²) in [4.78, 5) is 27.9. The summed E-state index contributed by atoms with van der Waals surface area (Å²) in [5, 5.41) is 40.7. The molecule has 1 amide bonds. The summed E-state index contributed by atoms with van der Waals surface area (Å²) in [7, 11) is 0. The van der Waals surface area contributed by atoms with Gasteiger partial charge in [0, 0.05) is 63.0 Å². The Morgan fingerprint density at radius 2 is 1.95 bits per heavy atom. The van der Waals surface area contributed by atoms with Gasteiger partial charge in [0.2, 0.25) is 0 Å². The Labute approximate surface area is 224 Å². The highest BCUT2D eigenvalue weighted by atomic mass is 35.5. The zero-order valence-electron chi connectivity index (χ0n) is 20.8. The molecular weight excluding hydrogens is 516 g/mol. The smallest absolute Gasteiger partial charge is 0.326 e. The highest BCUT2D eigenvalue weighted by Gasteiger charge is 2.42. The Morgan fingerprint density at radius 3 is 2.68 bits per heavy atom. The van der Waals surface area contributed by atoms with Gasteiger partial charge >= 0.3 is 5.97 Å². The van der Waals surface area contributed by atoms with Gasteiger partial charge in [-0.15, -0.1) is 0 Å². The van der Waals surface area contributed by atoms with Crippen LogP contribution in [0.3, 0.4) is 0 Å². The number of carbonyl (C=O) groups is 2. The minimum absolute atomic E-state index is 0.0351. The van der Waals surface area contributed by atoms with E-state index >= 15 is 0 Å². The van der Waals surface area contributed by atoms with Crippen molar-refractivity contribution in [2.75, 3.05) is 32.8 Å². The molecule has 2 aromatic carbocycles. The van der Waals surface area contributed by atoms with E-state index in [1.807, 2.05) is 18.2 Å². The normalized spacial score (nSPS) is 23.2. The third-order valence-corrected chi connectivity index (χ3v) is 7.78. The van der Waals surface area contributed by atoms with Crippen LogP contribution in [0.2, 0.25) is 5.02 Å². The predicted octanol–water partition coefficient (Wildman–Crippen LogP) is 1.92. The van der Waals surface area contributed by atoms with Crippen LogP contribution in [0.15, 0.2) is 36.4 Å². The predicted molar refractivity (Wildman–Crippen MR) is 137 cm³/mol. The van der Waals surface area contributed by atoms with Crippen LogP contribution in [0, 0.1) is 0 Å². The van der Waals surface area contributed by atoms with Crippen molar-refractivity contribution in [2.45, 2.75) is 49.5 Å². The number of benzene rings is 2. The van der Waals surface area contributed by atoms with Gasteiger partial charge in [0.25, 0.3) is 5.91 Å². The molecule has 0 radical (unpaired) electrons. The fourth-order valence-electron chi connectivity index (χ4n) is 5.60. The lowest BCUT2D eigenvalue weighted by molar-refractivity contribution is -0.141. The fourth-order valence-corrected chi connectivity index (χ4v) is 5.79. The highest BCUT2D eigenvalue weighted by Crippen LogP contribution is 2.42. The highest BCUT2D eigenvalue weighted by molar-refractivity contribution is 6.30. The molecule has 3 heterocycles. The van der Waals surface area contributed by atoms with Gasteiger partial charge < -0.3 is 39.7 Å². The molecule has 2 fully saturated rings. The SMILES string of the molecule is O=C(O)C1C[C@@H](O)CN1C(=O)c1ccc(O)cc1OC[C@@H](O)CN1CCC2(CC1)Cc1cc(Cl)ccc1O2. The number of aromatic hydroxyl groups is 1. The Bertz CT molecular complexity index is 1220. The molecule has 10 nitrogen and oxygen atoms in total. The summed E-state index contributed by atoms with van der Waals surface area (Å²) in [6.45, 7) is 1.59. The number of amides is 1. The summed E-state index contributed by atoms with van der Waals surface area (Å²) >= 11 is 6.13. The molecular formula is C27H31ClN2O8. The number of phenols is 1. The number of aliphatic hydroxyl groups excluding tert-OH is 2. The molecule has 3 atom stereocenters. The van der Waals surface area contributed by atoms with Crippen molar-refractivity contribution in [1.29, 1.82) is 0 Å². The molecule has 38 heavy (non-hydrogen) atoms. The zero-order valence-corrected chi connectivity index (χ0v) is 21.5. The summed E-state index contributed by atoms with van der Waals surface area (Å²) in [5.74, 6) is -1.05. The number of carbonyl (C=O) groups excluding carboxylic acids is 1. The summed E-state index contributed by atoms with van der Waals surface area (Å²) < 4.78 is 12.0. The lowest BCUT2D eigenvalue weighted by Gasteiger charge is -2.39. The molecule has 3 aliphatic rings. The maximum Gasteiger partial charge on any atom is 0.326 e. The number of ether oxygens (including phenoxy) is 2. The molecule has 0 aliphatic carbocycles. The van der Waals surface area contributed by atoms with Gasteiger partial charge in [-0.25, -0.2) is 4.79 Å². The number of hydrogen-bond acceptors (Lipinski definition) is 8. The first-order valence-electron chi connectivity index (χ1n) is 12.7. The van der Waals surface area contributed by atoms with Gasteiger partial charge in [-0.05, 0) is 35.9 Å². The first kappa shape index (κ1) is 26.6. The summed E-state index contributed by atoms with van der Waals surface area (Å²) in [6.07, 6.45) is 0.572. The van der Waals surface area contributed by atoms with E-state index in [2.05, 4.69) is 4.90 Å². The maximum absolute atomic E-state index is 13.1. The fraction of sp³-hybridized carbons (Fsp3) is 0.481. The lowest BCUT2D eigenvalue weighted by atomic mass is 9.87. The number of fused-ring (bicyclic) bond motifs is 1. The van der Waals surface area contributed by atoms with Crippen LogP contribution in [0.1, 0.15) is 35.2 Å². The van der Waals surface area contributed by atoms with Gasteiger partial charge in [0.05, 0.1) is 11.7 Å². The number of hydrogen-bond donors (Lipinski definition) is 4. The molecule has 1 spiro atoms. The van der Waals surface area contributed by atoms with Crippen molar-refractivity contribution in [2.24, 2.45) is 0 Å². The third kappa shape index (κ3) is 5.54. The van der Waals surface area contributed by atoms with E-state index in [1.165, 1.54) is 18.2 Å². The van der Waals surface area contributed by atoms with Crippen molar-refractivity contribution < 1.29 is 39.5 Å². The van der Waals surface area contributed by atoms with Crippen LogP contribution >= 0.6 is 11.6 Å². The maximum atomic E-state index is 13.1. The number of carboxylic acid groups (broad SMARTS) is 1. The quantitative estimate of drug-likeness (QED) is 0.410. The Morgan fingerprint density at radius 1 is 1.18 bits per heavy atom. The summed E-state index contributed by atoms with van der Waals surface area (Å²) in [6, 6.07) is 8.45. The average molecular weight is 547 g/mol. The number of piperidine rings is 1. The molecule has 1 unspecified atom stereocenters. The van der Waals surface area contributed by atoms with Crippen LogP contribution in [0.4, 0.5) is 0 Å². The van der Waals surface area contributed by atoms with Crippen molar-refractivity contribution in [3.8, 4) is 17.2 Å². The third-order valence-electron chi connectivity index (χ3n) is 7.55. The topological polar surface area (TPSA) is 140 Å². The monoisotopic (exact) mass is 546 g/mol. The molecule has 0 bridgehead atoms. The first-order valence-corrected chi connectivity index (χ1v) is 13.1. The van der Waals surface area contributed by atoms with Crippen LogP contribution in [-0.2, 0) is 11.2 Å². The molecule has 5 rings (SSSR count). The van der Waals surface area contributed by atoms with E-state index in [0.29, 0.717) is 11.6 Å². The number of β-amino-alcohol motifs (C(OH)–C–C–N with tert-alkyl or cyclic N) is 2. The second kappa shape index (κ2) is 10.6. The molecule has 204 valence electrons. The molecule has 11 heteroatoms. The van der Waals surface area contributed by atoms with E-state index in [9.17, 15) is 30.0 Å². The van der Waals surface area contributed by atoms with Gasteiger partial charge in [0.1, 0.15) is 41.6 Å². The number of carboxylic acids is 1. The first-order chi connectivity index (χ1) is 18.1. The Hall–Kier alpha value is -3.05.